The number of nitrogen functional groups attached to an aromatic ring is 1. The van der Waals surface area contributed by atoms with Gasteiger partial charge in [-0.05, 0) is 0 Å². The molecular formula is C9H12N4. The van der Waals surface area contributed by atoms with Gasteiger partial charge in [0, 0.05) is 11.5 Å². The Balaban J connectivity index is 3.26. The normalized spacial score (nSPS) is 10.9. The fourth-order valence-corrected chi connectivity index (χ4v) is 0.859. The van der Waals surface area contributed by atoms with Gasteiger partial charge >= 0.3 is 0 Å². The van der Waals surface area contributed by atoms with Gasteiger partial charge in [-0.15, -0.1) is 0 Å². The van der Waals surface area contributed by atoms with E-state index in [-0.39, 0.29) is 5.41 Å². The minimum Gasteiger partial charge on any atom is -0.384 e. The third-order valence-electron chi connectivity index (χ3n) is 1.53. The van der Waals surface area contributed by atoms with Gasteiger partial charge in [0.1, 0.15) is 23.4 Å². The average Bonchev–Trinajstić information content (AvgIpc) is 2.01. The fraction of sp³-hybridized carbons (Fsp3) is 0.444. The molecule has 0 aromatic carbocycles. The maximum Gasteiger partial charge on any atom is 0.146 e. The van der Waals surface area contributed by atoms with Gasteiger partial charge in [-0.1, -0.05) is 20.8 Å². The van der Waals surface area contributed by atoms with Crippen LogP contribution in [0.1, 0.15) is 32.3 Å². The molecule has 2 N–H and O–H groups in total. The first-order valence-corrected chi connectivity index (χ1v) is 3.98. The van der Waals surface area contributed by atoms with Crippen molar-refractivity contribution < 1.29 is 0 Å². The van der Waals surface area contributed by atoms with Crippen molar-refractivity contribution in [2.75, 3.05) is 5.73 Å². The first-order chi connectivity index (χ1) is 5.93. The van der Waals surface area contributed by atoms with Crippen molar-refractivity contribution >= 4 is 5.82 Å². The van der Waals surface area contributed by atoms with Crippen LogP contribution in [0.2, 0.25) is 0 Å². The third-order valence-corrected chi connectivity index (χ3v) is 1.53. The van der Waals surface area contributed by atoms with E-state index in [1.807, 2.05) is 26.8 Å². The van der Waals surface area contributed by atoms with Gasteiger partial charge in [0.15, 0.2) is 0 Å². The average molecular weight is 176 g/mol. The van der Waals surface area contributed by atoms with E-state index in [0.717, 1.165) is 0 Å². The largest absolute Gasteiger partial charge is 0.384 e. The van der Waals surface area contributed by atoms with E-state index < -0.39 is 0 Å². The second-order valence-corrected chi connectivity index (χ2v) is 3.86. The highest BCUT2D eigenvalue weighted by Gasteiger charge is 2.18. The molecule has 0 aliphatic carbocycles. The second-order valence-electron chi connectivity index (χ2n) is 3.86. The molecule has 0 bridgehead atoms. The molecule has 0 aliphatic rings. The van der Waals surface area contributed by atoms with E-state index in [9.17, 15) is 0 Å². The van der Waals surface area contributed by atoms with Gasteiger partial charge in [0.25, 0.3) is 0 Å². The number of aromatic nitrogens is 2. The molecule has 0 spiro atoms. The zero-order chi connectivity index (χ0) is 10.1. The first kappa shape index (κ1) is 9.46. The summed E-state index contributed by atoms with van der Waals surface area (Å²) in [6, 6.07) is 3.42. The van der Waals surface area contributed by atoms with Crippen LogP contribution in [0, 0.1) is 11.3 Å². The summed E-state index contributed by atoms with van der Waals surface area (Å²) in [6.07, 6.45) is 0. The van der Waals surface area contributed by atoms with Gasteiger partial charge in [0.05, 0.1) is 0 Å². The minimum absolute atomic E-state index is 0.180. The molecular weight excluding hydrogens is 164 g/mol. The van der Waals surface area contributed by atoms with E-state index in [4.69, 9.17) is 11.0 Å². The highest BCUT2D eigenvalue weighted by atomic mass is 15.0. The lowest BCUT2D eigenvalue weighted by molar-refractivity contribution is 0.545. The Morgan fingerprint density at radius 3 is 2.46 bits per heavy atom. The van der Waals surface area contributed by atoms with Crippen LogP contribution in [0.3, 0.4) is 0 Å². The summed E-state index contributed by atoms with van der Waals surface area (Å²) in [5.41, 5.74) is 5.67. The van der Waals surface area contributed by atoms with Crippen molar-refractivity contribution in [2.45, 2.75) is 26.2 Å². The Morgan fingerprint density at radius 1 is 1.38 bits per heavy atom. The standard InChI is InChI=1S/C9H12N4/c1-9(2,3)8-12-6(5-10)4-7(11)13-8/h4H,1-3H3,(H2,11,12,13). The molecule has 0 aliphatic heterocycles. The maximum absolute atomic E-state index is 8.66. The van der Waals surface area contributed by atoms with Crippen LogP contribution in [-0.2, 0) is 5.41 Å². The minimum atomic E-state index is -0.180. The Kier molecular flexibility index (Phi) is 2.20. The van der Waals surface area contributed by atoms with E-state index >= 15 is 0 Å². The number of hydrogen-bond donors (Lipinski definition) is 1. The van der Waals surface area contributed by atoms with Crippen molar-refractivity contribution in [1.29, 1.82) is 5.26 Å². The number of nitrogens with two attached hydrogens (primary N) is 1. The van der Waals surface area contributed by atoms with Gasteiger partial charge in [-0.25, -0.2) is 9.97 Å². The van der Waals surface area contributed by atoms with Crippen molar-refractivity contribution in [3.8, 4) is 6.07 Å². The fourth-order valence-electron chi connectivity index (χ4n) is 0.859. The quantitative estimate of drug-likeness (QED) is 0.645. The molecule has 68 valence electrons. The summed E-state index contributed by atoms with van der Waals surface area (Å²) in [4.78, 5) is 8.14. The molecule has 0 radical (unpaired) electrons. The molecule has 0 unspecified atom stereocenters. The molecule has 1 heterocycles. The zero-order valence-electron chi connectivity index (χ0n) is 8.00. The molecule has 0 fully saturated rings. The summed E-state index contributed by atoms with van der Waals surface area (Å²) in [5.74, 6) is 0.945. The number of nitriles is 1. The summed E-state index contributed by atoms with van der Waals surface area (Å²) >= 11 is 0. The van der Waals surface area contributed by atoms with Gasteiger partial charge in [0.2, 0.25) is 0 Å². The number of anilines is 1. The molecule has 0 saturated carbocycles. The van der Waals surface area contributed by atoms with Crippen LogP contribution in [0.15, 0.2) is 6.07 Å². The molecule has 1 rings (SSSR count). The van der Waals surface area contributed by atoms with E-state index in [1.54, 1.807) is 0 Å². The molecule has 0 amide bonds. The Hall–Kier alpha value is -1.63. The van der Waals surface area contributed by atoms with Gasteiger partial charge in [-0.2, -0.15) is 5.26 Å². The molecule has 1 aromatic rings. The lowest BCUT2D eigenvalue weighted by Crippen LogP contribution is -2.17. The molecule has 0 saturated heterocycles. The summed E-state index contributed by atoms with van der Waals surface area (Å²) in [5, 5.41) is 8.66. The van der Waals surface area contributed by atoms with Crippen molar-refractivity contribution in [2.24, 2.45) is 0 Å². The highest BCUT2D eigenvalue weighted by Crippen LogP contribution is 2.18. The zero-order valence-corrected chi connectivity index (χ0v) is 8.00. The third kappa shape index (κ3) is 2.15. The smallest absolute Gasteiger partial charge is 0.146 e. The molecule has 13 heavy (non-hydrogen) atoms. The van der Waals surface area contributed by atoms with Crippen LogP contribution in [0.4, 0.5) is 5.82 Å². The van der Waals surface area contributed by atoms with Crippen molar-refractivity contribution in [3.63, 3.8) is 0 Å². The Bertz CT molecular complexity index is 357. The van der Waals surface area contributed by atoms with Crippen LogP contribution >= 0.6 is 0 Å². The van der Waals surface area contributed by atoms with Crippen LogP contribution in [0.5, 0.6) is 0 Å². The predicted octanol–water partition coefficient (Wildman–Crippen LogP) is 1.23. The molecule has 4 nitrogen and oxygen atoms in total. The number of nitrogens with zero attached hydrogens (tertiary/aromatic N) is 3. The maximum atomic E-state index is 8.66. The lowest BCUT2D eigenvalue weighted by atomic mass is 9.95. The number of rotatable bonds is 0. The Labute approximate surface area is 77.4 Å². The highest BCUT2D eigenvalue weighted by molar-refractivity contribution is 5.36. The molecule has 4 heteroatoms. The van der Waals surface area contributed by atoms with E-state index in [0.29, 0.717) is 17.3 Å². The van der Waals surface area contributed by atoms with E-state index in [1.165, 1.54) is 6.07 Å². The van der Waals surface area contributed by atoms with Crippen LogP contribution < -0.4 is 5.73 Å². The Morgan fingerprint density at radius 2 is 2.00 bits per heavy atom. The van der Waals surface area contributed by atoms with E-state index in [2.05, 4.69) is 9.97 Å². The summed E-state index contributed by atoms with van der Waals surface area (Å²) in [6.45, 7) is 5.93. The second kappa shape index (κ2) is 3.02. The van der Waals surface area contributed by atoms with Crippen LogP contribution in [0.25, 0.3) is 0 Å². The number of hydrogen-bond acceptors (Lipinski definition) is 4. The van der Waals surface area contributed by atoms with Gasteiger partial charge in [-0.3, -0.25) is 0 Å². The molecule has 0 atom stereocenters. The predicted molar refractivity (Wildman–Crippen MR) is 49.9 cm³/mol. The van der Waals surface area contributed by atoms with Crippen LogP contribution in [-0.4, -0.2) is 9.97 Å². The van der Waals surface area contributed by atoms with Crippen molar-refractivity contribution in [3.05, 3.63) is 17.6 Å². The SMILES string of the molecule is CC(C)(C)c1nc(N)cc(C#N)n1. The van der Waals surface area contributed by atoms with Gasteiger partial charge < -0.3 is 5.73 Å². The summed E-state index contributed by atoms with van der Waals surface area (Å²) in [7, 11) is 0. The lowest BCUT2D eigenvalue weighted by Gasteiger charge is -2.16. The van der Waals surface area contributed by atoms with Crippen molar-refractivity contribution in [1.82, 2.24) is 9.97 Å². The summed E-state index contributed by atoms with van der Waals surface area (Å²) < 4.78 is 0. The monoisotopic (exact) mass is 176 g/mol. The topological polar surface area (TPSA) is 75.6 Å². The first-order valence-electron chi connectivity index (χ1n) is 3.98. The molecule has 1 aromatic heterocycles.